The monoisotopic (exact) mass is 143 g/mol. The summed E-state index contributed by atoms with van der Waals surface area (Å²) in [5.74, 6) is 0.719. The molecule has 0 saturated heterocycles. The molecule has 0 bridgehead atoms. The van der Waals surface area contributed by atoms with Crippen molar-refractivity contribution >= 4 is 5.87 Å². The fraction of sp³-hybridized carbons (Fsp3) is 0.286. The molecular formula is C7H3N4-. The second-order valence-electron chi connectivity index (χ2n) is 1.72. The van der Waals surface area contributed by atoms with Crippen molar-refractivity contribution in [2.75, 3.05) is 0 Å². The fourth-order valence-corrected chi connectivity index (χ4v) is 0.441. The first kappa shape index (κ1) is 8.92. The normalized spacial score (nSPS) is 7.09. The molecule has 0 saturated carbocycles. The minimum atomic E-state index is -0.885. The van der Waals surface area contributed by atoms with E-state index in [1.54, 1.807) is 24.1 Å². The smallest absolute Gasteiger partial charge is 0.138 e. The van der Waals surface area contributed by atoms with E-state index >= 15 is 0 Å². The lowest BCUT2D eigenvalue weighted by Crippen LogP contribution is -1.94. The molecule has 0 heterocycles. The number of allylic oxidation sites excluding steroid dienone is 1. The van der Waals surface area contributed by atoms with E-state index in [-0.39, 0.29) is 12.0 Å². The predicted molar refractivity (Wildman–Crippen MR) is 36.8 cm³/mol. The highest BCUT2D eigenvalue weighted by molar-refractivity contribution is 5.66. The van der Waals surface area contributed by atoms with Gasteiger partial charge in [-0.05, 0) is 0 Å². The van der Waals surface area contributed by atoms with Gasteiger partial charge in [-0.15, -0.1) is 0 Å². The van der Waals surface area contributed by atoms with Crippen molar-refractivity contribution in [2.45, 2.75) is 6.42 Å². The van der Waals surface area contributed by atoms with Crippen LogP contribution in [0.1, 0.15) is 6.42 Å². The molecule has 52 valence electrons. The Morgan fingerprint density at radius 3 is 2.09 bits per heavy atom. The summed E-state index contributed by atoms with van der Waals surface area (Å²) in [5, 5.41) is 33.0. The molecule has 11 heavy (non-hydrogen) atoms. The lowest BCUT2D eigenvalue weighted by Gasteiger charge is -1.94. The lowest BCUT2D eigenvalue weighted by atomic mass is 10.0. The maximum atomic E-state index is 8.26. The molecule has 0 radical (unpaired) electrons. The molecule has 0 atom stereocenters. The van der Waals surface area contributed by atoms with Gasteiger partial charge < -0.3 is 5.41 Å². The molecule has 4 heteroatoms. The van der Waals surface area contributed by atoms with Gasteiger partial charge in [-0.2, -0.15) is 15.8 Å². The molecular weight excluding hydrogens is 140 g/mol. The SMILES string of the molecule is N#CC(=C=[N-])CC(C#N)C#N. The Hall–Kier alpha value is -2.08. The number of rotatable bonds is 2. The van der Waals surface area contributed by atoms with Crippen LogP contribution in [0.4, 0.5) is 0 Å². The van der Waals surface area contributed by atoms with E-state index in [1.807, 2.05) is 0 Å². The molecule has 0 aromatic carbocycles. The molecule has 0 aromatic rings. The highest BCUT2D eigenvalue weighted by Crippen LogP contribution is 2.05. The van der Waals surface area contributed by atoms with E-state index in [2.05, 4.69) is 0 Å². The average Bonchev–Trinajstić information content (AvgIpc) is 2.07. The molecule has 0 aliphatic heterocycles. The first-order valence-corrected chi connectivity index (χ1v) is 2.73. The maximum Gasteiger partial charge on any atom is 0.138 e. The van der Waals surface area contributed by atoms with E-state index in [0.717, 1.165) is 0 Å². The third kappa shape index (κ3) is 2.82. The molecule has 0 rings (SSSR count). The quantitative estimate of drug-likeness (QED) is 0.421. The Balaban J connectivity index is 4.32. The first-order valence-electron chi connectivity index (χ1n) is 2.73. The van der Waals surface area contributed by atoms with Gasteiger partial charge in [0.2, 0.25) is 0 Å². The molecule has 0 aliphatic rings. The van der Waals surface area contributed by atoms with Crippen LogP contribution in [0.25, 0.3) is 5.41 Å². The molecule has 0 aromatic heterocycles. The summed E-state index contributed by atoms with van der Waals surface area (Å²) in [7, 11) is 0. The topological polar surface area (TPSA) is 93.7 Å². The highest BCUT2D eigenvalue weighted by atomic mass is 14.3. The zero-order valence-corrected chi connectivity index (χ0v) is 5.57. The van der Waals surface area contributed by atoms with Gasteiger partial charge in [0.25, 0.3) is 0 Å². The van der Waals surface area contributed by atoms with Gasteiger partial charge in [0.05, 0.1) is 17.7 Å². The van der Waals surface area contributed by atoms with Crippen molar-refractivity contribution in [3.8, 4) is 18.2 Å². The summed E-state index contributed by atoms with van der Waals surface area (Å²) in [5.41, 5.74) is -0.0851. The highest BCUT2D eigenvalue weighted by Gasteiger charge is 2.06. The van der Waals surface area contributed by atoms with Crippen LogP contribution in [-0.4, -0.2) is 5.87 Å². The fourth-order valence-electron chi connectivity index (χ4n) is 0.441. The zero-order chi connectivity index (χ0) is 8.69. The van der Waals surface area contributed by atoms with Crippen LogP contribution in [0, 0.1) is 39.9 Å². The van der Waals surface area contributed by atoms with Crippen molar-refractivity contribution in [1.29, 1.82) is 15.8 Å². The van der Waals surface area contributed by atoms with Crippen LogP contribution < -0.4 is 0 Å². The van der Waals surface area contributed by atoms with Crippen LogP contribution >= 0.6 is 0 Å². The van der Waals surface area contributed by atoms with Gasteiger partial charge in [0, 0.05) is 6.42 Å². The molecule has 0 spiro atoms. The van der Waals surface area contributed by atoms with E-state index in [9.17, 15) is 0 Å². The van der Waals surface area contributed by atoms with Gasteiger partial charge in [0.1, 0.15) is 12.0 Å². The summed E-state index contributed by atoms with van der Waals surface area (Å²) in [6.45, 7) is 0. The molecule has 4 nitrogen and oxygen atoms in total. The molecule has 0 unspecified atom stereocenters. The zero-order valence-electron chi connectivity index (χ0n) is 5.57. The first-order chi connectivity index (χ1) is 5.28. The van der Waals surface area contributed by atoms with Gasteiger partial charge in [0.15, 0.2) is 0 Å². The van der Waals surface area contributed by atoms with Crippen LogP contribution in [0.3, 0.4) is 0 Å². The van der Waals surface area contributed by atoms with Crippen LogP contribution in [0.5, 0.6) is 0 Å². The summed E-state index contributed by atoms with van der Waals surface area (Å²) in [4.78, 5) is 0. The van der Waals surface area contributed by atoms with Crippen molar-refractivity contribution in [1.82, 2.24) is 0 Å². The minimum Gasteiger partial charge on any atom is -0.762 e. The Labute approximate surface area is 64.1 Å². The Morgan fingerprint density at radius 1 is 1.27 bits per heavy atom. The molecule has 0 aliphatic carbocycles. The van der Waals surface area contributed by atoms with Crippen LogP contribution in [0.2, 0.25) is 0 Å². The van der Waals surface area contributed by atoms with Crippen molar-refractivity contribution in [3.05, 3.63) is 11.0 Å². The number of nitrogens with zero attached hydrogens (tertiary/aromatic N) is 4. The van der Waals surface area contributed by atoms with E-state index in [4.69, 9.17) is 21.2 Å². The minimum absolute atomic E-state index is 0.0694. The third-order valence-electron chi connectivity index (χ3n) is 0.990. The Kier molecular flexibility index (Phi) is 3.87. The molecule has 0 fully saturated rings. The van der Waals surface area contributed by atoms with E-state index < -0.39 is 5.92 Å². The Morgan fingerprint density at radius 2 is 1.82 bits per heavy atom. The van der Waals surface area contributed by atoms with Crippen molar-refractivity contribution < 1.29 is 0 Å². The van der Waals surface area contributed by atoms with E-state index in [1.165, 1.54) is 0 Å². The van der Waals surface area contributed by atoms with Gasteiger partial charge >= 0.3 is 0 Å². The molecule has 0 N–H and O–H groups in total. The lowest BCUT2D eigenvalue weighted by molar-refractivity contribution is 0.847. The predicted octanol–water partition coefficient (Wildman–Crippen LogP) is 0.729. The summed E-state index contributed by atoms with van der Waals surface area (Å²) in [6, 6.07) is 4.94. The third-order valence-corrected chi connectivity index (χ3v) is 0.990. The van der Waals surface area contributed by atoms with Gasteiger partial charge in [-0.1, -0.05) is 0 Å². The standard InChI is InChI=1S/C7H3N4/c8-2-6(3-9)1-7(4-10)5-11/h6H,1H2/q-1. The van der Waals surface area contributed by atoms with E-state index in [0.29, 0.717) is 0 Å². The number of nitriles is 3. The van der Waals surface area contributed by atoms with Gasteiger partial charge in [-0.25, -0.2) is 0 Å². The average molecular weight is 143 g/mol. The second kappa shape index (κ2) is 4.77. The molecule has 0 amide bonds. The number of hydrogen-bond donors (Lipinski definition) is 0. The summed E-state index contributed by atoms with van der Waals surface area (Å²) < 4.78 is 0. The van der Waals surface area contributed by atoms with Gasteiger partial charge in [-0.3, -0.25) is 5.87 Å². The summed E-state index contributed by atoms with van der Waals surface area (Å²) in [6.07, 6.45) is -0.0694. The largest absolute Gasteiger partial charge is 0.762 e. The van der Waals surface area contributed by atoms with Crippen molar-refractivity contribution in [2.24, 2.45) is 5.92 Å². The summed E-state index contributed by atoms with van der Waals surface area (Å²) >= 11 is 0. The second-order valence-corrected chi connectivity index (χ2v) is 1.72. The van der Waals surface area contributed by atoms with Crippen molar-refractivity contribution in [3.63, 3.8) is 0 Å². The Bertz CT molecular complexity index is 289. The van der Waals surface area contributed by atoms with Crippen LogP contribution in [-0.2, 0) is 0 Å². The number of hydrogen-bond acceptors (Lipinski definition) is 3. The van der Waals surface area contributed by atoms with Crippen LogP contribution in [0.15, 0.2) is 5.57 Å². The maximum absolute atomic E-state index is 8.26.